The molecule has 0 aliphatic rings. The molecule has 0 bridgehead atoms. The fourth-order valence-corrected chi connectivity index (χ4v) is 1.38. The zero-order chi connectivity index (χ0) is 10.6. The lowest BCUT2D eigenvalue weighted by molar-refractivity contribution is 1.37. The van der Waals surface area contributed by atoms with Crippen LogP contribution >= 0.6 is 11.6 Å². The summed E-state index contributed by atoms with van der Waals surface area (Å²) in [7, 11) is 0. The van der Waals surface area contributed by atoms with Gasteiger partial charge in [-0.25, -0.2) is 0 Å². The lowest BCUT2D eigenvalue weighted by atomic mass is 10.1. The first-order chi connectivity index (χ1) is 6.65. The number of rotatable bonds is 2. The fourth-order valence-electron chi connectivity index (χ4n) is 1.27. The monoisotopic (exact) mass is 207 g/mol. The Bertz CT molecular complexity index is 355. The molecule has 0 spiro atoms. The highest BCUT2D eigenvalue weighted by Gasteiger charge is 2.00. The second kappa shape index (κ2) is 4.97. The summed E-state index contributed by atoms with van der Waals surface area (Å²) >= 11 is 6.05. The van der Waals surface area contributed by atoms with Crippen LogP contribution in [0.5, 0.6) is 0 Å². The Hall–Kier alpha value is -1.08. The minimum atomic E-state index is 0.841. The van der Waals surface area contributed by atoms with Gasteiger partial charge in [0.25, 0.3) is 0 Å². The van der Waals surface area contributed by atoms with Gasteiger partial charge in [-0.3, -0.25) is 4.99 Å². The Labute approximate surface area is 90.1 Å². The maximum Gasteiger partial charge on any atom is 0.0464 e. The molecule has 0 unspecified atom stereocenters. The minimum Gasteiger partial charge on any atom is -0.264 e. The first-order valence-electron chi connectivity index (χ1n) is 4.56. The average molecular weight is 208 g/mol. The van der Waals surface area contributed by atoms with E-state index in [1.54, 1.807) is 6.20 Å². The quantitative estimate of drug-likeness (QED) is 0.652. The topological polar surface area (TPSA) is 12.4 Å². The Balaban J connectivity index is 3.01. The molecule has 1 aromatic carbocycles. The maximum absolute atomic E-state index is 6.05. The van der Waals surface area contributed by atoms with E-state index in [1.165, 1.54) is 0 Å². The molecule has 1 nitrogen and oxygen atoms in total. The van der Waals surface area contributed by atoms with Crippen molar-refractivity contribution in [3.63, 3.8) is 0 Å². The summed E-state index contributed by atoms with van der Waals surface area (Å²) in [6.45, 7) is 5.94. The molecule has 1 aromatic rings. The Morgan fingerprint density at radius 3 is 2.29 bits per heavy atom. The first-order valence-corrected chi connectivity index (χ1v) is 4.94. The summed E-state index contributed by atoms with van der Waals surface area (Å²) in [4.78, 5) is 4.12. The highest BCUT2D eigenvalue weighted by atomic mass is 35.5. The maximum atomic E-state index is 6.05. The number of aliphatic imine (C=N–C) groups is 1. The largest absolute Gasteiger partial charge is 0.264 e. The van der Waals surface area contributed by atoms with Crippen molar-refractivity contribution >= 4 is 17.8 Å². The SMILES string of the molecule is C/C=C\N=Cc1cc(C)c(Cl)c(C)c1. The van der Waals surface area contributed by atoms with Gasteiger partial charge >= 0.3 is 0 Å². The lowest BCUT2D eigenvalue weighted by Crippen LogP contribution is -1.87. The molecule has 0 atom stereocenters. The predicted octanol–water partition coefficient (Wildman–Crippen LogP) is 3.91. The molecule has 0 amide bonds. The van der Waals surface area contributed by atoms with E-state index in [-0.39, 0.29) is 0 Å². The van der Waals surface area contributed by atoms with Crippen LogP contribution in [0, 0.1) is 13.8 Å². The smallest absolute Gasteiger partial charge is 0.0464 e. The normalized spacial score (nSPS) is 11.7. The van der Waals surface area contributed by atoms with E-state index in [9.17, 15) is 0 Å². The molecule has 0 aliphatic carbocycles. The number of halogens is 1. The van der Waals surface area contributed by atoms with Crippen LogP contribution in [-0.2, 0) is 0 Å². The van der Waals surface area contributed by atoms with Gasteiger partial charge in [-0.05, 0) is 49.6 Å². The summed E-state index contributed by atoms with van der Waals surface area (Å²) in [5.41, 5.74) is 3.27. The predicted molar refractivity (Wildman–Crippen MR) is 63.3 cm³/mol. The third-order valence-electron chi connectivity index (χ3n) is 1.92. The molecule has 1 rings (SSSR count). The van der Waals surface area contributed by atoms with E-state index in [0.717, 1.165) is 21.7 Å². The first kappa shape index (κ1) is 11.0. The molecular weight excluding hydrogens is 194 g/mol. The zero-order valence-electron chi connectivity index (χ0n) is 8.71. The van der Waals surface area contributed by atoms with E-state index in [4.69, 9.17) is 11.6 Å². The van der Waals surface area contributed by atoms with E-state index >= 15 is 0 Å². The van der Waals surface area contributed by atoms with Crippen molar-refractivity contribution in [2.24, 2.45) is 4.99 Å². The summed E-state index contributed by atoms with van der Waals surface area (Å²) in [5, 5.41) is 0.841. The molecule has 0 radical (unpaired) electrons. The molecule has 0 aliphatic heterocycles. The summed E-state index contributed by atoms with van der Waals surface area (Å²) in [6.07, 6.45) is 5.49. The van der Waals surface area contributed by atoms with Crippen molar-refractivity contribution in [2.45, 2.75) is 20.8 Å². The van der Waals surface area contributed by atoms with Gasteiger partial charge in [0.05, 0.1) is 0 Å². The number of benzene rings is 1. The van der Waals surface area contributed by atoms with Gasteiger partial charge in [0, 0.05) is 17.4 Å². The molecule has 0 N–H and O–H groups in total. The fraction of sp³-hybridized carbons (Fsp3) is 0.250. The third-order valence-corrected chi connectivity index (χ3v) is 2.51. The molecule has 0 saturated carbocycles. The van der Waals surface area contributed by atoms with E-state index in [0.29, 0.717) is 0 Å². The molecule has 2 heteroatoms. The van der Waals surface area contributed by atoms with E-state index in [1.807, 2.05) is 45.2 Å². The van der Waals surface area contributed by atoms with Crippen molar-refractivity contribution in [1.82, 2.24) is 0 Å². The van der Waals surface area contributed by atoms with Crippen LogP contribution in [0.1, 0.15) is 23.6 Å². The second-order valence-corrected chi connectivity index (χ2v) is 3.61. The Morgan fingerprint density at radius 2 is 1.79 bits per heavy atom. The van der Waals surface area contributed by atoms with Crippen LogP contribution in [0.25, 0.3) is 0 Å². The van der Waals surface area contributed by atoms with Gasteiger partial charge in [0.15, 0.2) is 0 Å². The van der Waals surface area contributed by atoms with E-state index < -0.39 is 0 Å². The number of aryl methyl sites for hydroxylation is 2. The molecule has 74 valence electrons. The van der Waals surface area contributed by atoms with Gasteiger partial charge in [0.1, 0.15) is 0 Å². The lowest BCUT2D eigenvalue weighted by Gasteiger charge is -2.03. The van der Waals surface area contributed by atoms with Gasteiger partial charge in [0.2, 0.25) is 0 Å². The summed E-state index contributed by atoms with van der Waals surface area (Å²) in [6, 6.07) is 4.06. The van der Waals surface area contributed by atoms with Crippen molar-refractivity contribution in [3.05, 3.63) is 46.1 Å². The van der Waals surface area contributed by atoms with Crippen LogP contribution in [0.4, 0.5) is 0 Å². The molecule has 0 heterocycles. The van der Waals surface area contributed by atoms with Crippen LogP contribution in [0.2, 0.25) is 5.02 Å². The number of nitrogens with zero attached hydrogens (tertiary/aromatic N) is 1. The highest BCUT2D eigenvalue weighted by Crippen LogP contribution is 2.20. The highest BCUT2D eigenvalue weighted by molar-refractivity contribution is 6.32. The van der Waals surface area contributed by atoms with E-state index in [2.05, 4.69) is 4.99 Å². The van der Waals surface area contributed by atoms with Gasteiger partial charge in [-0.2, -0.15) is 0 Å². The molecule has 14 heavy (non-hydrogen) atoms. The zero-order valence-corrected chi connectivity index (χ0v) is 9.47. The standard InChI is InChI=1S/C12H14ClN/c1-4-5-14-8-11-6-9(2)12(13)10(3)7-11/h4-8H,1-3H3/b5-4-,14-8?. The minimum absolute atomic E-state index is 0.841. The average Bonchev–Trinajstić information content (AvgIpc) is 2.14. The van der Waals surface area contributed by atoms with Crippen molar-refractivity contribution in [1.29, 1.82) is 0 Å². The number of allylic oxidation sites excluding steroid dienone is 1. The van der Waals surface area contributed by atoms with Crippen molar-refractivity contribution < 1.29 is 0 Å². The van der Waals surface area contributed by atoms with Crippen LogP contribution in [0.15, 0.2) is 29.4 Å². The molecular formula is C12H14ClN. The van der Waals surface area contributed by atoms with Crippen LogP contribution in [-0.4, -0.2) is 6.21 Å². The Kier molecular flexibility index (Phi) is 3.90. The van der Waals surface area contributed by atoms with Gasteiger partial charge < -0.3 is 0 Å². The number of hydrogen-bond acceptors (Lipinski definition) is 1. The van der Waals surface area contributed by atoms with Crippen LogP contribution < -0.4 is 0 Å². The third kappa shape index (κ3) is 2.71. The second-order valence-electron chi connectivity index (χ2n) is 3.23. The van der Waals surface area contributed by atoms with Crippen LogP contribution in [0.3, 0.4) is 0 Å². The Morgan fingerprint density at radius 1 is 1.21 bits per heavy atom. The van der Waals surface area contributed by atoms with Gasteiger partial charge in [-0.1, -0.05) is 17.7 Å². The summed E-state index contributed by atoms with van der Waals surface area (Å²) in [5.74, 6) is 0. The number of hydrogen-bond donors (Lipinski definition) is 0. The molecule has 0 saturated heterocycles. The van der Waals surface area contributed by atoms with Gasteiger partial charge in [-0.15, -0.1) is 0 Å². The molecule has 0 fully saturated rings. The van der Waals surface area contributed by atoms with Crippen molar-refractivity contribution in [3.8, 4) is 0 Å². The molecule has 0 aromatic heterocycles. The van der Waals surface area contributed by atoms with Crippen molar-refractivity contribution in [2.75, 3.05) is 0 Å². The summed E-state index contributed by atoms with van der Waals surface area (Å²) < 4.78 is 0.